The maximum Gasteiger partial charge on any atom is 0.327 e. The Morgan fingerprint density at radius 2 is 1.52 bits per heavy atom. The molecule has 65 heavy (non-hydrogen) atoms. The zero-order valence-corrected chi connectivity index (χ0v) is 35.1. The Bertz CT molecular complexity index is 2310. The molecule has 0 unspecified atom stereocenters. The molecule has 1 aliphatic carbocycles. The molecular weight excluding hydrogens is 843 g/mol. The van der Waals surface area contributed by atoms with E-state index in [0.717, 1.165) is 11.1 Å². The lowest BCUT2D eigenvalue weighted by molar-refractivity contribution is -0.298. The van der Waals surface area contributed by atoms with Crippen LogP contribution in [0.1, 0.15) is 44.6 Å². The molecular formula is C48H51N3O14. The number of aliphatic hydroxyl groups is 5. The summed E-state index contributed by atoms with van der Waals surface area (Å²) in [5.41, 5.74) is 2.47. The summed E-state index contributed by atoms with van der Waals surface area (Å²) in [4.78, 5) is 48.9. The maximum atomic E-state index is 15.0. The lowest BCUT2D eigenvalue weighted by atomic mass is 9.62. The van der Waals surface area contributed by atoms with Crippen LogP contribution in [0.4, 0.5) is 0 Å². The van der Waals surface area contributed by atoms with Gasteiger partial charge in [-0.3, -0.25) is 19.2 Å². The normalized spacial score (nSPS) is 31.3. The maximum absolute atomic E-state index is 15.0. The van der Waals surface area contributed by atoms with Crippen LogP contribution in [0.2, 0.25) is 0 Å². The molecule has 1 saturated carbocycles. The van der Waals surface area contributed by atoms with Crippen LogP contribution in [0.5, 0.6) is 0 Å². The Labute approximate surface area is 374 Å². The van der Waals surface area contributed by atoms with E-state index in [9.17, 15) is 35.1 Å². The molecule has 2 amide bonds. The smallest absolute Gasteiger partial charge is 0.327 e. The molecule has 0 radical (unpaired) electrons. The van der Waals surface area contributed by atoms with Gasteiger partial charge in [0.05, 0.1) is 26.4 Å². The molecule has 7 N–H and O–H groups in total. The standard InChI is InChI=1S/C48H51N3O14/c52-21-20-49-43(57)31-11-7-9-30(23-31)25-50-46(59)47-24-34-39-40(64-48(63-39,32-12-3-1-4-13-32)33-14-5-2-6-15-33)42(47)65-51(41(47)44(58)61-34)26-29-18-16-28(17-19-29)10-8-22-60-45-38(56)37(55)36(54)35(27-53)62-45/h1-19,23,34-42,45,52-56H,20-22,24-27H2,(H,49,57)(H,50,59)/t34-,35-,36+,37+,38-,39+,40+,41+,42-,45+,47+/m1/s1. The van der Waals surface area contributed by atoms with Crippen LogP contribution in [0.15, 0.2) is 115 Å². The van der Waals surface area contributed by atoms with Gasteiger partial charge in [0, 0.05) is 36.2 Å². The number of hydrogen-bond donors (Lipinski definition) is 7. The molecule has 9 rings (SSSR count). The lowest BCUT2D eigenvalue weighted by Crippen LogP contribution is -2.69. The van der Waals surface area contributed by atoms with Crippen LogP contribution < -0.4 is 10.6 Å². The highest BCUT2D eigenvalue weighted by Gasteiger charge is 2.76. The van der Waals surface area contributed by atoms with Crippen LogP contribution in [-0.2, 0) is 57.0 Å². The molecule has 5 fully saturated rings. The summed E-state index contributed by atoms with van der Waals surface area (Å²) in [5, 5.41) is 56.2. The minimum atomic E-state index is -1.55. The van der Waals surface area contributed by atoms with Crippen molar-refractivity contribution in [2.45, 2.75) is 86.5 Å². The predicted octanol–water partition coefficient (Wildman–Crippen LogP) is 1.04. The largest absolute Gasteiger partial charge is 0.458 e. The van der Waals surface area contributed by atoms with Gasteiger partial charge in [0.15, 0.2) is 12.3 Å². The summed E-state index contributed by atoms with van der Waals surface area (Å²) in [5.74, 6) is -2.88. The van der Waals surface area contributed by atoms with E-state index in [-0.39, 0.29) is 45.2 Å². The average Bonchev–Trinajstić information content (AvgIpc) is 3.92. The van der Waals surface area contributed by atoms with Crippen molar-refractivity contribution in [1.29, 1.82) is 0 Å². The number of esters is 1. The number of fused-ring (bicyclic) bond motifs is 4. The summed E-state index contributed by atoms with van der Waals surface area (Å²) >= 11 is 0. The van der Waals surface area contributed by atoms with Crippen LogP contribution in [0.25, 0.3) is 6.08 Å². The Balaban J connectivity index is 0.976. The first-order valence-corrected chi connectivity index (χ1v) is 21.6. The fourth-order valence-electron chi connectivity index (χ4n) is 9.58. The summed E-state index contributed by atoms with van der Waals surface area (Å²) < 4.78 is 31.2. The molecule has 4 saturated heterocycles. The number of benzene rings is 4. The average molecular weight is 894 g/mol. The Hall–Kier alpha value is -5.41. The number of hydroxylamine groups is 2. The number of carbonyl (C=O) groups excluding carboxylic acids is 3. The van der Waals surface area contributed by atoms with Crippen molar-refractivity contribution in [1.82, 2.24) is 15.7 Å². The monoisotopic (exact) mass is 893 g/mol. The number of nitrogens with one attached hydrogen (secondary N) is 2. The highest BCUT2D eigenvalue weighted by atomic mass is 16.8. The second kappa shape index (κ2) is 18.8. The first-order chi connectivity index (χ1) is 31.6. The van der Waals surface area contributed by atoms with Gasteiger partial charge in [0.25, 0.3) is 5.91 Å². The summed E-state index contributed by atoms with van der Waals surface area (Å²) in [7, 11) is 0. The first-order valence-electron chi connectivity index (χ1n) is 21.6. The van der Waals surface area contributed by atoms with Gasteiger partial charge >= 0.3 is 5.97 Å². The predicted molar refractivity (Wildman–Crippen MR) is 227 cm³/mol. The van der Waals surface area contributed by atoms with E-state index in [0.29, 0.717) is 22.3 Å². The van der Waals surface area contributed by atoms with Crippen LogP contribution in [0.3, 0.4) is 0 Å². The zero-order chi connectivity index (χ0) is 45.3. The Morgan fingerprint density at radius 3 is 2.22 bits per heavy atom. The molecule has 17 heteroatoms. The summed E-state index contributed by atoms with van der Waals surface area (Å²) in [6, 6.07) is 31.9. The number of ether oxygens (including phenoxy) is 5. The topological polar surface area (TPSA) is 235 Å². The van der Waals surface area contributed by atoms with Crippen molar-refractivity contribution in [3.05, 3.63) is 149 Å². The van der Waals surface area contributed by atoms with Gasteiger partial charge in [-0.25, -0.2) is 0 Å². The second-order valence-corrected chi connectivity index (χ2v) is 16.8. The third kappa shape index (κ3) is 8.38. The second-order valence-electron chi connectivity index (χ2n) is 16.8. The molecule has 0 spiro atoms. The molecule has 4 aromatic rings. The molecule has 2 bridgehead atoms. The van der Waals surface area contributed by atoms with Gasteiger partial charge < -0.3 is 59.9 Å². The van der Waals surface area contributed by atoms with Crippen LogP contribution in [-0.4, -0.2) is 136 Å². The SMILES string of the molecule is O=C(NCCO)c1cccc(CNC(=O)[C@@]23C[C@H]4OC(=O)[C@@H]2N(Cc2ccc(C=CCO[C@H]5O[C@H](CO)[C@H](O)[C@H](O)[C@H]5O)cc2)O[C@@H]3[C@H]2OC(c3ccccc3)(c3ccccc3)O[C@H]24)c1. The first kappa shape index (κ1) is 44.8. The van der Waals surface area contributed by atoms with Crippen LogP contribution in [0, 0.1) is 5.41 Å². The molecule has 11 atom stereocenters. The fourth-order valence-corrected chi connectivity index (χ4v) is 9.58. The number of nitrogens with zero attached hydrogens (tertiary/aromatic N) is 1. The summed E-state index contributed by atoms with van der Waals surface area (Å²) in [6.07, 6.45) is -6.92. The molecule has 0 aromatic heterocycles. The van der Waals surface area contributed by atoms with Crippen molar-refractivity contribution in [2.75, 3.05) is 26.4 Å². The molecule has 4 aliphatic heterocycles. The van der Waals surface area contributed by atoms with Gasteiger partial charge in [-0.1, -0.05) is 109 Å². The number of rotatable bonds is 15. The zero-order valence-electron chi connectivity index (χ0n) is 35.1. The Morgan fingerprint density at radius 1 is 0.815 bits per heavy atom. The highest BCUT2D eigenvalue weighted by molar-refractivity contribution is 5.95. The molecule has 17 nitrogen and oxygen atoms in total. The van der Waals surface area contributed by atoms with E-state index in [1.807, 2.05) is 84.9 Å². The molecule has 5 aliphatic rings. The molecule has 4 aromatic carbocycles. The van der Waals surface area contributed by atoms with Gasteiger partial charge in [0.1, 0.15) is 54.2 Å². The van der Waals surface area contributed by atoms with E-state index >= 15 is 4.79 Å². The van der Waals surface area contributed by atoms with E-state index in [2.05, 4.69) is 10.6 Å². The van der Waals surface area contributed by atoms with Crippen molar-refractivity contribution < 1.29 is 68.4 Å². The minimum absolute atomic E-state index is 0.0163. The number of hydrogen-bond acceptors (Lipinski definition) is 15. The van der Waals surface area contributed by atoms with Crippen molar-refractivity contribution in [2.24, 2.45) is 5.41 Å². The van der Waals surface area contributed by atoms with E-state index in [1.54, 1.807) is 36.4 Å². The van der Waals surface area contributed by atoms with Crippen molar-refractivity contribution >= 4 is 23.9 Å². The quantitative estimate of drug-likeness (QED) is 0.0827. The Kier molecular flexibility index (Phi) is 13.0. The third-order valence-corrected chi connectivity index (χ3v) is 12.8. The number of amides is 2. The fraction of sp³-hybridized carbons (Fsp3) is 0.396. The molecule has 342 valence electrons. The van der Waals surface area contributed by atoms with Crippen molar-refractivity contribution in [3.8, 4) is 0 Å². The third-order valence-electron chi connectivity index (χ3n) is 12.8. The lowest BCUT2D eigenvalue weighted by Gasteiger charge is -2.48. The molecule has 4 heterocycles. The number of carbonyl (C=O) groups is 3. The number of aliphatic hydroxyl groups excluding tert-OH is 5. The van der Waals surface area contributed by atoms with E-state index < -0.39 is 90.8 Å². The van der Waals surface area contributed by atoms with E-state index in [1.165, 1.54) is 5.06 Å². The van der Waals surface area contributed by atoms with E-state index in [4.69, 9.17) is 28.5 Å². The van der Waals surface area contributed by atoms with Gasteiger partial charge in [-0.05, 0) is 28.8 Å². The summed E-state index contributed by atoms with van der Waals surface area (Å²) in [6.45, 7) is -0.572. The van der Waals surface area contributed by atoms with Gasteiger partial charge in [-0.15, -0.1) is 0 Å². The van der Waals surface area contributed by atoms with Gasteiger partial charge in [-0.2, -0.15) is 5.06 Å². The highest BCUT2D eigenvalue weighted by Crippen LogP contribution is 2.59. The van der Waals surface area contributed by atoms with Gasteiger partial charge in [0.2, 0.25) is 11.7 Å². The van der Waals surface area contributed by atoms with Crippen molar-refractivity contribution in [3.63, 3.8) is 0 Å². The minimum Gasteiger partial charge on any atom is -0.458 e. The van der Waals surface area contributed by atoms with Crippen LogP contribution >= 0.6 is 0 Å².